The Morgan fingerprint density at radius 2 is 0.475 bits per heavy atom. The van der Waals surface area contributed by atoms with Gasteiger partial charge in [0, 0.05) is 25.7 Å². The lowest BCUT2D eigenvalue weighted by Gasteiger charge is -2.21. The second-order valence-electron chi connectivity index (χ2n) is 29.8. The smallest absolute Gasteiger partial charge is 0.462 e. The monoisotopic (exact) mass is 1480 g/mol. The molecule has 0 spiro atoms. The van der Waals surface area contributed by atoms with Crippen LogP contribution in [0.2, 0.25) is 0 Å². The summed E-state index contributed by atoms with van der Waals surface area (Å²) in [4.78, 5) is 73.0. The minimum Gasteiger partial charge on any atom is -0.462 e. The molecule has 0 bridgehead atoms. The number of hydrogen-bond donors (Lipinski definition) is 3. The molecule has 600 valence electrons. The summed E-state index contributed by atoms with van der Waals surface area (Å²) in [6.45, 7) is 7.35. The zero-order valence-corrected chi connectivity index (χ0v) is 67.8. The van der Waals surface area contributed by atoms with E-state index in [9.17, 15) is 43.2 Å². The van der Waals surface area contributed by atoms with E-state index in [1.54, 1.807) is 0 Å². The van der Waals surface area contributed by atoms with Crippen molar-refractivity contribution < 1.29 is 80.2 Å². The normalized spacial score (nSPS) is 14.1. The number of aliphatic hydroxyl groups excluding tert-OH is 1. The second kappa shape index (κ2) is 74.9. The van der Waals surface area contributed by atoms with Crippen molar-refractivity contribution in [1.29, 1.82) is 0 Å². The van der Waals surface area contributed by atoms with E-state index in [-0.39, 0.29) is 25.7 Å². The molecule has 0 aliphatic rings. The predicted molar refractivity (Wildman–Crippen MR) is 414 cm³/mol. The van der Waals surface area contributed by atoms with Gasteiger partial charge in [0.25, 0.3) is 0 Å². The van der Waals surface area contributed by atoms with Crippen LogP contribution < -0.4 is 0 Å². The van der Waals surface area contributed by atoms with E-state index in [0.29, 0.717) is 25.7 Å². The summed E-state index contributed by atoms with van der Waals surface area (Å²) in [5.74, 6) is -1.30. The zero-order valence-electron chi connectivity index (χ0n) is 66.1. The fourth-order valence-electron chi connectivity index (χ4n) is 12.7. The molecule has 0 saturated carbocycles. The third kappa shape index (κ3) is 74.7. The van der Waals surface area contributed by atoms with Crippen molar-refractivity contribution in [2.45, 2.75) is 457 Å². The van der Waals surface area contributed by atoms with Crippen LogP contribution in [0.1, 0.15) is 439 Å². The number of carbonyl (C=O) groups is 4. The third-order valence-corrected chi connectivity index (χ3v) is 21.5. The molecule has 0 aromatic rings. The van der Waals surface area contributed by atoms with Gasteiger partial charge in [-0.3, -0.25) is 37.3 Å². The number of hydrogen-bond acceptors (Lipinski definition) is 15. The largest absolute Gasteiger partial charge is 0.472 e. The fraction of sp³-hybridized carbons (Fsp3) is 0.951. The summed E-state index contributed by atoms with van der Waals surface area (Å²) in [5.41, 5.74) is 0. The van der Waals surface area contributed by atoms with Crippen molar-refractivity contribution in [3.8, 4) is 0 Å². The lowest BCUT2D eigenvalue weighted by Crippen LogP contribution is -2.30. The predicted octanol–water partition coefficient (Wildman–Crippen LogP) is 24.8. The summed E-state index contributed by atoms with van der Waals surface area (Å²) >= 11 is 0. The molecular formula is C82H160O17P2. The first-order chi connectivity index (χ1) is 49.1. The molecule has 0 aromatic carbocycles. The van der Waals surface area contributed by atoms with Crippen molar-refractivity contribution in [3.63, 3.8) is 0 Å². The Kier molecular flexibility index (Phi) is 73.5. The number of phosphoric ester groups is 2. The van der Waals surface area contributed by atoms with Crippen LogP contribution in [0.3, 0.4) is 0 Å². The summed E-state index contributed by atoms with van der Waals surface area (Å²) in [5, 5.41) is 10.6. The van der Waals surface area contributed by atoms with E-state index in [1.807, 2.05) is 0 Å². The second-order valence-corrected chi connectivity index (χ2v) is 32.7. The van der Waals surface area contributed by atoms with Crippen LogP contribution in [0, 0.1) is 5.92 Å². The maximum Gasteiger partial charge on any atom is 0.472 e. The zero-order chi connectivity index (χ0) is 74.1. The highest BCUT2D eigenvalue weighted by molar-refractivity contribution is 7.47. The quantitative estimate of drug-likeness (QED) is 0.0222. The topological polar surface area (TPSA) is 237 Å². The number of ether oxygens (including phenoxy) is 4. The van der Waals surface area contributed by atoms with E-state index in [2.05, 4.69) is 34.6 Å². The van der Waals surface area contributed by atoms with E-state index in [0.717, 1.165) is 95.8 Å². The van der Waals surface area contributed by atoms with E-state index >= 15 is 0 Å². The Balaban J connectivity index is 5.22. The van der Waals surface area contributed by atoms with Crippen LogP contribution in [-0.4, -0.2) is 96.7 Å². The molecule has 3 N–H and O–H groups in total. The van der Waals surface area contributed by atoms with Gasteiger partial charge in [0.05, 0.1) is 26.4 Å². The van der Waals surface area contributed by atoms with Gasteiger partial charge in [-0.25, -0.2) is 9.13 Å². The summed E-state index contributed by atoms with van der Waals surface area (Å²) in [6, 6.07) is 0. The minimum absolute atomic E-state index is 0.107. The molecule has 101 heavy (non-hydrogen) atoms. The van der Waals surface area contributed by atoms with Crippen molar-refractivity contribution in [1.82, 2.24) is 0 Å². The maximum absolute atomic E-state index is 13.1. The highest BCUT2D eigenvalue weighted by atomic mass is 31.2. The van der Waals surface area contributed by atoms with Crippen LogP contribution in [0.25, 0.3) is 0 Å². The number of unbranched alkanes of at least 4 members (excludes halogenated alkanes) is 53. The van der Waals surface area contributed by atoms with Gasteiger partial charge in [-0.1, -0.05) is 388 Å². The molecule has 0 saturated heterocycles. The SMILES string of the molecule is CCCCCCCCCCCCCCCCCCCCCCCC(=O)O[C@H](COC(=O)CCCCCCCCCCCCCCCCCC)COP(=O)(O)OC[C@@H](O)COP(=O)(O)OC[C@@H](COC(=O)CCCCCCCCCCCC)OC(=O)CCCCCCCCCCCCC(C)CC. The molecule has 0 aromatic heterocycles. The van der Waals surface area contributed by atoms with E-state index < -0.39 is 97.5 Å². The molecule has 0 aliphatic heterocycles. The number of phosphoric acid groups is 2. The van der Waals surface area contributed by atoms with Crippen LogP contribution in [0.5, 0.6) is 0 Å². The van der Waals surface area contributed by atoms with Crippen molar-refractivity contribution in [2.75, 3.05) is 39.6 Å². The number of aliphatic hydroxyl groups is 1. The lowest BCUT2D eigenvalue weighted by molar-refractivity contribution is -0.161. The van der Waals surface area contributed by atoms with Gasteiger partial charge in [-0.15, -0.1) is 0 Å². The Labute approximate surface area is 619 Å². The van der Waals surface area contributed by atoms with Crippen LogP contribution >= 0.6 is 15.6 Å². The van der Waals surface area contributed by atoms with Crippen molar-refractivity contribution in [3.05, 3.63) is 0 Å². The van der Waals surface area contributed by atoms with Gasteiger partial charge in [0.1, 0.15) is 19.3 Å². The van der Waals surface area contributed by atoms with Gasteiger partial charge in [0.2, 0.25) is 0 Å². The number of rotatable bonds is 82. The first-order valence-electron chi connectivity index (χ1n) is 42.7. The fourth-order valence-corrected chi connectivity index (χ4v) is 14.3. The van der Waals surface area contributed by atoms with Gasteiger partial charge in [-0.2, -0.15) is 0 Å². The maximum atomic E-state index is 13.1. The Bertz CT molecular complexity index is 1930. The number of esters is 4. The van der Waals surface area contributed by atoms with E-state index in [1.165, 1.54) is 263 Å². The van der Waals surface area contributed by atoms with E-state index in [4.69, 9.17) is 37.0 Å². The molecule has 3 unspecified atom stereocenters. The molecular weight excluding hydrogens is 1320 g/mol. The van der Waals surface area contributed by atoms with Crippen molar-refractivity contribution in [2.24, 2.45) is 5.92 Å². The summed E-state index contributed by atoms with van der Waals surface area (Å²) in [6.07, 6.45) is 66.6. The Hall–Kier alpha value is -1.94. The molecule has 6 atom stereocenters. The molecule has 17 nitrogen and oxygen atoms in total. The molecule has 0 heterocycles. The first-order valence-corrected chi connectivity index (χ1v) is 45.7. The third-order valence-electron chi connectivity index (χ3n) is 19.6. The average Bonchev–Trinajstić information content (AvgIpc) is 0.942. The lowest BCUT2D eigenvalue weighted by atomic mass is 9.99. The van der Waals surface area contributed by atoms with Crippen LogP contribution in [0.4, 0.5) is 0 Å². The molecule has 0 aliphatic carbocycles. The van der Waals surface area contributed by atoms with Crippen LogP contribution in [0.15, 0.2) is 0 Å². The molecule has 0 fully saturated rings. The summed E-state index contributed by atoms with van der Waals surface area (Å²) in [7, 11) is -9.92. The molecule has 0 radical (unpaired) electrons. The van der Waals surface area contributed by atoms with Gasteiger partial charge in [0.15, 0.2) is 12.2 Å². The molecule has 19 heteroatoms. The number of carbonyl (C=O) groups excluding carboxylic acids is 4. The average molecular weight is 1480 g/mol. The highest BCUT2D eigenvalue weighted by Crippen LogP contribution is 2.45. The van der Waals surface area contributed by atoms with Gasteiger partial charge >= 0.3 is 39.5 Å². The standard InChI is InChI=1S/C82H160O17P2/c1-6-10-13-16-19-22-25-27-29-31-32-33-34-35-37-39-41-47-52-57-62-67-81(86)98-78(72-93-80(85)66-61-56-51-46-40-38-36-30-28-26-23-20-17-14-11-7-2)74-97-101(90,91)95-70-76(83)69-94-100(88,89)96-73-77(71-92-79(84)65-60-55-50-45-24-21-18-15-12-8-3)99-82(87)68-63-58-53-48-43-42-44-49-54-59-64-75(5)9-4/h75-78,83H,6-74H2,1-5H3,(H,88,89)(H,90,91)/t75?,76-,77+,78+/m0/s1. The molecule has 0 rings (SSSR count). The molecule has 0 amide bonds. The first kappa shape index (κ1) is 99.1. The van der Waals surface area contributed by atoms with Crippen molar-refractivity contribution >= 4 is 39.5 Å². The summed E-state index contributed by atoms with van der Waals surface area (Å²) < 4.78 is 68.7. The van der Waals surface area contributed by atoms with Gasteiger partial charge < -0.3 is 33.8 Å². The Morgan fingerprint density at radius 1 is 0.277 bits per heavy atom. The Morgan fingerprint density at radius 3 is 0.703 bits per heavy atom. The highest BCUT2D eigenvalue weighted by Gasteiger charge is 2.30. The minimum atomic E-state index is -4.96. The van der Waals surface area contributed by atoms with Gasteiger partial charge in [-0.05, 0) is 31.6 Å². The van der Waals surface area contributed by atoms with Crippen LogP contribution in [-0.2, 0) is 65.4 Å².